The van der Waals surface area contributed by atoms with Gasteiger partial charge in [0, 0.05) is 18.8 Å². The van der Waals surface area contributed by atoms with Crippen LogP contribution in [0.1, 0.15) is 100 Å². The van der Waals surface area contributed by atoms with Crippen LogP contribution in [0.4, 0.5) is 0 Å². The van der Waals surface area contributed by atoms with Crippen molar-refractivity contribution in [1.82, 2.24) is 0 Å². The predicted molar refractivity (Wildman–Crippen MR) is 155 cm³/mol. The molecular formula is C34H44O5. The molecule has 0 unspecified atom stereocenters. The molecule has 0 saturated heterocycles. The van der Waals surface area contributed by atoms with Gasteiger partial charge in [-0.3, -0.25) is 9.59 Å². The van der Waals surface area contributed by atoms with Crippen molar-refractivity contribution in [3.63, 3.8) is 0 Å². The Bertz CT molecular complexity index is 1190. The van der Waals surface area contributed by atoms with E-state index in [1.165, 1.54) is 12.7 Å². The van der Waals surface area contributed by atoms with Crippen molar-refractivity contribution in [2.45, 2.75) is 97.0 Å². The van der Waals surface area contributed by atoms with Crippen LogP contribution in [0.5, 0.6) is 11.5 Å². The Balaban J connectivity index is 2.12. The number of aryl methyl sites for hydroxylation is 2. The van der Waals surface area contributed by atoms with Gasteiger partial charge in [-0.05, 0) is 66.0 Å². The fourth-order valence-electron chi connectivity index (χ4n) is 5.31. The molecule has 0 fully saturated rings. The van der Waals surface area contributed by atoms with Crippen LogP contribution < -0.4 is 4.74 Å². The molecule has 2 aromatic rings. The van der Waals surface area contributed by atoms with Crippen molar-refractivity contribution in [3.05, 3.63) is 58.7 Å². The Hall–Kier alpha value is -3.10. The molecule has 0 aromatic heterocycles. The Morgan fingerprint density at radius 2 is 1.82 bits per heavy atom. The number of unbranched alkanes of at least 4 members (excludes halogenated alkanes) is 3. The summed E-state index contributed by atoms with van der Waals surface area (Å²) < 4.78 is 5.37. The highest BCUT2D eigenvalue weighted by molar-refractivity contribution is 6.06. The van der Waals surface area contributed by atoms with E-state index < -0.39 is 23.6 Å². The predicted octanol–water partition coefficient (Wildman–Crippen LogP) is 6.55. The lowest BCUT2D eigenvalue weighted by molar-refractivity contribution is -0.141. The van der Waals surface area contributed by atoms with Gasteiger partial charge in [-0.1, -0.05) is 76.6 Å². The average molecular weight is 533 g/mol. The van der Waals surface area contributed by atoms with E-state index in [9.17, 15) is 19.8 Å². The van der Waals surface area contributed by atoms with Crippen molar-refractivity contribution >= 4 is 11.6 Å². The van der Waals surface area contributed by atoms with Crippen LogP contribution in [0.25, 0.3) is 0 Å². The molecule has 2 N–H and O–H groups in total. The maximum atomic E-state index is 13.2. The summed E-state index contributed by atoms with van der Waals surface area (Å²) in [6, 6.07) is 11.7. The highest BCUT2D eigenvalue weighted by Crippen LogP contribution is 2.38. The van der Waals surface area contributed by atoms with E-state index >= 15 is 0 Å². The number of hydrogen-bond donors (Lipinski definition) is 2. The zero-order valence-electron chi connectivity index (χ0n) is 24.0. The number of fused-ring (bicyclic) bond motifs is 1. The summed E-state index contributed by atoms with van der Waals surface area (Å²) in [7, 11) is 1.49. The smallest absolute Gasteiger partial charge is 0.172 e. The zero-order chi connectivity index (χ0) is 28.4. The average Bonchev–Trinajstić information content (AvgIpc) is 2.93. The van der Waals surface area contributed by atoms with Crippen molar-refractivity contribution < 1.29 is 24.5 Å². The first kappa shape index (κ1) is 30.4. The number of benzene rings is 2. The van der Waals surface area contributed by atoms with Crippen LogP contribution in [0.15, 0.2) is 36.4 Å². The molecule has 0 radical (unpaired) electrons. The molecule has 5 nitrogen and oxygen atoms in total. The van der Waals surface area contributed by atoms with E-state index in [2.05, 4.69) is 44.7 Å². The van der Waals surface area contributed by atoms with Gasteiger partial charge in [-0.2, -0.15) is 0 Å². The quantitative estimate of drug-likeness (QED) is 0.206. The number of rotatable bonds is 10. The van der Waals surface area contributed by atoms with Gasteiger partial charge in [0.05, 0.1) is 13.0 Å². The number of aromatic hydroxyl groups is 1. The molecule has 1 aliphatic rings. The van der Waals surface area contributed by atoms with Gasteiger partial charge in [-0.25, -0.2) is 0 Å². The number of hydrogen-bond acceptors (Lipinski definition) is 5. The summed E-state index contributed by atoms with van der Waals surface area (Å²) in [4.78, 5) is 26.1. The monoisotopic (exact) mass is 532 g/mol. The van der Waals surface area contributed by atoms with Crippen molar-refractivity contribution in [1.29, 1.82) is 0 Å². The molecule has 5 heteroatoms. The number of phenols is 1. The van der Waals surface area contributed by atoms with E-state index in [-0.39, 0.29) is 24.5 Å². The van der Waals surface area contributed by atoms with Crippen LogP contribution >= 0.6 is 0 Å². The Kier molecular flexibility index (Phi) is 11.6. The van der Waals surface area contributed by atoms with Gasteiger partial charge in [0.2, 0.25) is 0 Å². The number of aliphatic hydroxyl groups excluding tert-OH is 1. The summed E-state index contributed by atoms with van der Waals surface area (Å²) in [5, 5.41) is 21.4. The first-order chi connectivity index (χ1) is 18.8. The molecule has 0 aliphatic heterocycles. The zero-order valence-corrected chi connectivity index (χ0v) is 24.0. The summed E-state index contributed by atoms with van der Waals surface area (Å²) in [6.07, 6.45) is 5.61. The van der Waals surface area contributed by atoms with Crippen LogP contribution in [-0.4, -0.2) is 35.0 Å². The lowest BCUT2D eigenvalue weighted by Gasteiger charge is -2.23. The number of phenolic OH excluding ortho intramolecular Hbond substituents is 1. The number of ether oxygens (including phenoxy) is 1. The summed E-state index contributed by atoms with van der Waals surface area (Å²) in [5.74, 6) is 5.93. The van der Waals surface area contributed by atoms with Crippen molar-refractivity contribution in [2.75, 3.05) is 7.11 Å². The van der Waals surface area contributed by atoms with E-state index in [0.717, 1.165) is 55.2 Å². The maximum absolute atomic E-state index is 13.2. The van der Waals surface area contributed by atoms with Crippen LogP contribution in [0.2, 0.25) is 0 Å². The molecule has 0 spiro atoms. The number of aliphatic hydroxyl groups is 1. The molecule has 3 rings (SSSR count). The van der Waals surface area contributed by atoms with E-state index in [1.54, 1.807) is 12.1 Å². The first-order valence-electron chi connectivity index (χ1n) is 14.5. The van der Waals surface area contributed by atoms with E-state index in [1.807, 2.05) is 12.1 Å². The van der Waals surface area contributed by atoms with Gasteiger partial charge in [0.1, 0.15) is 0 Å². The Labute approximate surface area is 234 Å². The topological polar surface area (TPSA) is 83.8 Å². The lowest BCUT2D eigenvalue weighted by atomic mass is 9.81. The summed E-state index contributed by atoms with van der Waals surface area (Å²) in [5.41, 5.74) is 3.92. The SMILES string of the molecule is CCCCCC[C@@H]1CC#C[C@H](c2ccccc2CCC(C)C)c2cc(O)c(OC)cc2CCC(=O)[C@@H](O)C1=O. The Morgan fingerprint density at radius 1 is 1.05 bits per heavy atom. The first-order valence-corrected chi connectivity index (χ1v) is 14.5. The largest absolute Gasteiger partial charge is 0.504 e. The molecule has 2 aromatic carbocycles. The molecule has 0 saturated carbocycles. The summed E-state index contributed by atoms with van der Waals surface area (Å²) >= 11 is 0. The third-order valence-electron chi connectivity index (χ3n) is 7.73. The third-order valence-corrected chi connectivity index (χ3v) is 7.73. The molecule has 0 heterocycles. The number of methoxy groups -OCH3 is 1. The molecule has 0 bridgehead atoms. The van der Waals surface area contributed by atoms with E-state index in [4.69, 9.17) is 4.74 Å². The van der Waals surface area contributed by atoms with Crippen LogP contribution in [-0.2, 0) is 22.4 Å². The number of carbonyl (C=O) groups is 2. The summed E-state index contributed by atoms with van der Waals surface area (Å²) in [6.45, 7) is 6.56. The Morgan fingerprint density at radius 3 is 2.54 bits per heavy atom. The molecular weight excluding hydrogens is 488 g/mol. The standard InChI is InChI=1S/C34H44O5/c1-5-6-7-8-13-25-14-11-16-28(27-15-10-9-12-24(27)18-17-23(2)3)29-22-31(36)32(39-4)21-26(29)19-20-30(35)34(38)33(25)37/h9-10,12,15,21-23,25,28,34,36,38H,5-8,13-14,17-20H2,1-4H3/t25-,28-,34-/m1/s1. The normalized spacial score (nSPS) is 20.0. The highest BCUT2D eigenvalue weighted by atomic mass is 16.5. The second kappa shape index (κ2) is 14.9. The van der Waals surface area contributed by atoms with Gasteiger partial charge in [0.15, 0.2) is 29.2 Å². The van der Waals surface area contributed by atoms with Crippen molar-refractivity contribution in [3.8, 4) is 23.3 Å². The second-order valence-corrected chi connectivity index (χ2v) is 11.1. The van der Waals surface area contributed by atoms with Crippen molar-refractivity contribution in [2.24, 2.45) is 11.8 Å². The molecule has 0 amide bonds. The van der Waals surface area contributed by atoms with Crippen LogP contribution in [0.3, 0.4) is 0 Å². The van der Waals surface area contributed by atoms with Gasteiger partial charge in [0.25, 0.3) is 0 Å². The van der Waals surface area contributed by atoms with E-state index in [0.29, 0.717) is 24.5 Å². The highest BCUT2D eigenvalue weighted by Gasteiger charge is 2.31. The van der Waals surface area contributed by atoms with Gasteiger partial charge >= 0.3 is 0 Å². The minimum absolute atomic E-state index is 0.0187. The van der Waals surface area contributed by atoms with Gasteiger partial charge in [-0.15, -0.1) is 5.92 Å². The number of Topliss-reactive ketones (excluding diaryl/α,β-unsaturated/α-hetero) is 2. The maximum Gasteiger partial charge on any atom is 0.172 e. The minimum Gasteiger partial charge on any atom is -0.504 e. The van der Waals surface area contributed by atoms with Crippen LogP contribution in [0, 0.1) is 23.7 Å². The lowest BCUT2D eigenvalue weighted by Crippen LogP contribution is -2.35. The number of carbonyl (C=O) groups excluding carboxylic acids is 2. The minimum atomic E-state index is -1.63. The molecule has 3 atom stereocenters. The molecule has 210 valence electrons. The number of ketones is 2. The second-order valence-electron chi connectivity index (χ2n) is 11.1. The molecule has 1 aliphatic carbocycles. The van der Waals surface area contributed by atoms with Gasteiger partial charge < -0.3 is 14.9 Å². The molecule has 39 heavy (non-hydrogen) atoms. The third kappa shape index (κ3) is 8.19. The fourth-order valence-corrected chi connectivity index (χ4v) is 5.31. The fraction of sp³-hybridized carbons (Fsp3) is 0.529.